The third kappa shape index (κ3) is 5.14. The van der Waals surface area contributed by atoms with Gasteiger partial charge in [0, 0.05) is 21.5 Å². The molecule has 0 spiro atoms. The van der Waals surface area contributed by atoms with E-state index in [0.29, 0.717) is 28.0 Å². The normalized spacial score (nSPS) is 14.2. The maximum atomic E-state index is 11.2. The molecule has 33 heavy (non-hydrogen) atoms. The Balaban J connectivity index is 1.82. The average Bonchev–Trinajstić information content (AvgIpc) is 2.97. The fourth-order valence-electron chi connectivity index (χ4n) is 3.25. The molecule has 2 N–H and O–H groups in total. The summed E-state index contributed by atoms with van der Waals surface area (Å²) in [5.41, 5.74) is 2.57. The molecular weight excluding hydrogens is 512 g/mol. The highest BCUT2D eigenvalue weighted by Crippen LogP contribution is 2.44. The molecule has 9 nitrogen and oxygen atoms in total. The lowest BCUT2D eigenvalue weighted by Gasteiger charge is -2.23. The first-order chi connectivity index (χ1) is 16.0. The third-order valence-electron chi connectivity index (χ3n) is 4.68. The number of thioether (sulfide) groups is 1. The van der Waals surface area contributed by atoms with Crippen molar-refractivity contribution in [2.75, 3.05) is 24.8 Å². The van der Waals surface area contributed by atoms with Crippen LogP contribution in [-0.2, 0) is 4.79 Å². The van der Waals surface area contributed by atoms with E-state index in [1.165, 1.54) is 18.9 Å². The SMILES string of the molecule is CCCSc1nnc2c(n1)O[C@@H](c1cccc(OC)c1OCC(=O)O)Nc1ccc(Br)cc1-2. The standard InChI is InChI=1S/C22H21BrN4O5S/c1-3-9-33-22-25-21-18(26-27-22)14-10-12(23)7-8-15(14)24-20(32-21)13-5-4-6-16(30-2)19(13)31-11-17(28)29/h4-8,10,20,24H,3,9,11H2,1-2H3,(H,28,29)/t20-/m0/s1. The number of para-hydroxylation sites is 1. The van der Waals surface area contributed by atoms with Gasteiger partial charge in [-0.1, -0.05) is 40.7 Å². The van der Waals surface area contributed by atoms with Crippen molar-refractivity contribution in [3.63, 3.8) is 0 Å². The molecule has 1 aliphatic rings. The van der Waals surface area contributed by atoms with Gasteiger partial charge < -0.3 is 24.6 Å². The smallest absolute Gasteiger partial charge is 0.341 e. The molecule has 11 heteroatoms. The van der Waals surface area contributed by atoms with Gasteiger partial charge in [-0.3, -0.25) is 0 Å². The van der Waals surface area contributed by atoms with Gasteiger partial charge in [0.25, 0.3) is 0 Å². The van der Waals surface area contributed by atoms with Crippen LogP contribution in [0.1, 0.15) is 25.1 Å². The Hall–Kier alpha value is -3.05. The number of carboxylic acid groups (broad SMARTS) is 1. The zero-order valence-electron chi connectivity index (χ0n) is 17.9. The van der Waals surface area contributed by atoms with Crippen molar-refractivity contribution in [2.45, 2.75) is 24.7 Å². The molecule has 0 bridgehead atoms. The Morgan fingerprint density at radius 3 is 2.91 bits per heavy atom. The quantitative estimate of drug-likeness (QED) is 0.392. The number of nitrogens with one attached hydrogen (secondary N) is 1. The van der Waals surface area contributed by atoms with Gasteiger partial charge in [0.15, 0.2) is 23.8 Å². The summed E-state index contributed by atoms with van der Waals surface area (Å²) in [6.07, 6.45) is 0.214. The van der Waals surface area contributed by atoms with Crippen molar-refractivity contribution in [3.05, 3.63) is 46.4 Å². The molecule has 2 aromatic carbocycles. The summed E-state index contributed by atoms with van der Waals surface area (Å²) in [6, 6.07) is 11.0. The van der Waals surface area contributed by atoms with E-state index < -0.39 is 18.8 Å². The van der Waals surface area contributed by atoms with Crippen LogP contribution in [0.15, 0.2) is 46.0 Å². The monoisotopic (exact) mass is 532 g/mol. The Bertz CT molecular complexity index is 1180. The molecule has 0 unspecified atom stereocenters. The number of benzene rings is 2. The Kier molecular flexibility index (Phi) is 7.19. The first-order valence-electron chi connectivity index (χ1n) is 10.1. The number of rotatable bonds is 8. The number of carboxylic acids is 1. The van der Waals surface area contributed by atoms with E-state index in [4.69, 9.17) is 19.3 Å². The topological polar surface area (TPSA) is 116 Å². The highest BCUT2D eigenvalue weighted by molar-refractivity contribution is 9.10. The van der Waals surface area contributed by atoms with Crippen molar-refractivity contribution < 1.29 is 24.1 Å². The van der Waals surface area contributed by atoms with Crippen LogP contribution >= 0.6 is 27.7 Å². The van der Waals surface area contributed by atoms with E-state index in [0.717, 1.165) is 27.9 Å². The maximum Gasteiger partial charge on any atom is 0.341 e. The number of anilines is 1. The van der Waals surface area contributed by atoms with Gasteiger partial charge in [-0.05, 0) is 36.8 Å². The fraction of sp³-hybridized carbons (Fsp3) is 0.273. The predicted octanol–water partition coefficient (Wildman–Crippen LogP) is 4.78. The summed E-state index contributed by atoms with van der Waals surface area (Å²) in [4.78, 5) is 15.8. The van der Waals surface area contributed by atoms with Crippen LogP contribution in [0.3, 0.4) is 0 Å². The second-order valence-electron chi connectivity index (χ2n) is 6.99. The Morgan fingerprint density at radius 1 is 1.30 bits per heavy atom. The number of hydrogen-bond acceptors (Lipinski definition) is 9. The van der Waals surface area contributed by atoms with Crippen molar-refractivity contribution in [1.29, 1.82) is 0 Å². The second kappa shape index (κ2) is 10.3. The second-order valence-corrected chi connectivity index (χ2v) is 8.97. The molecule has 1 aliphatic heterocycles. The minimum absolute atomic E-state index is 0.268. The van der Waals surface area contributed by atoms with Crippen molar-refractivity contribution in [3.8, 4) is 28.6 Å². The number of ether oxygens (including phenoxy) is 3. The summed E-state index contributed by atoms with van der Waals surface area (Å²) in [5, 5.41) is 21.7. The van der Waals surface area contributed by atoms with Gasteiger partial charge in [0.2, 0.25) is 17.3 Å². The van der Waals surface area contributed by atoms with Crippen molar-refractivity contribution in [1.82, 2.24) is 15.2 Å². The minimum atomic E-state index is -1.10. The van der Waals surface area contributed by atoms with Crippen LogP contribution in [-0.4, -0.2) is 45.7 Å². The van der Waals surface area contributed by atoms with E-state index in [2.05, 4.69) is 43.4 Å². The molecule has 0 saturated heterocycles. The van der Waals surface area contributed by atoms with Crippen LogP contribution in [0.4, 0.5) is 5.69 Å². The first-order valence-corrected chi connectivity index (χ1v) is 11.9. The van der Waals surface area contributed by atoms with E-state index in [1.807, 2.05) is 18.2 Å². The zero-order chi connectivity index (χ0) is 23.4. The highest BCUT2D eigenvalue weighted by atomic mass is 79.9. The van der Waals surface area contributed by atoms with E-state index in [1.54, 1.807) is 18.2 Å². The van der Waals surface area contributed by atoms with Gasteiger partial charge in [-0.15, -0.1) is 10.2 Å². The lowest BCUT2D eigenvalue weighted by molar-refractivity contribution is -0.139. The highest BCUT2D eigenvalue weighted by Gasteiger charge is 2.29. The number of fused-ring (bicyclic) bond motifs is 3. The van der Waals surface area contributed by atoms with Gasteiger partial charge in [0.1, 0.15) is 0 Å². The minimum Gasteiger partial charge on any atom is -0.493 e. The predicted molar refractivity (Wildman–Crippen MR) is 127 cm³/mol. The fourth-order valence-corrected chi connectivity index (χ4v) is 4.25. The Morgan fingerprint density at radius 2 is 2.15 bits per heavy atom. The summed E-state index contributed by atoms with van der Waals surface area (Å²) in [6.45, 7) is 1.55. The number of aliphatic carboxylic acids is 1. The zero-order valence-corrected chi connectivity index (χ0v) is 20.3. The molecule has 1 atom stereocenters. The van der Waals surface area contributed by atoms with E-state index >= 15 is 0 Å². The Labute approximate surface area is 203 Å². The van der Waals surface area contributed by atoms with Crippen LogP contribution in [0.5, 0.6) is 17.4 Å². The molecule has 4 rings (SSSR count). The summed E-state index contributed by atoms with van der Waals surface area (Å²) in [5.74, 6) is 0.721. The van der Waals surface area contributed by atoms with Crippen molar-refractivity contribution >= 4 is 39.3 Å². The maximum absolute atomic E-state index is 11.2. The number of carbonyl (C=O) groups is 1. The summed E-state index contributed by atoms with van der Waals surface area (Å²) in [7, 11) is 1.49. The number of aromatic nitrogens is 3. The molecule has 2 heterocycles. The summed E-state index contributed by atoms with van der Waals surface area (Å²) < 4.78 is 18.2. The molecular formula is C22H21BrN4O5S. The van der Waals surface area contributed by atoms with Gasteiger partial charge >= 0.3 is 5.97 Å². The van der Waals surface area contributed by atoms with Gasteiger partial charge in [0.05, 0.1) is 12.7 Å². The van der Waals surface area contributed by atoms with Gasteiger partial charge in [-0.25, -0.2) is 4.79 Å². The number of halogens is 1. The van der Waals surface area contributed by atoms with E-state index in [9.17, 15) is 4.79 Å². The molecule has 0 saturated carbocycles. The number of hydrogen-bond donors (Lipinski definition) is 2. The summed E-state index contributed by atoms with van der Waals surface area (Å²) >= 11 is 5.01. The molecule has 0 amide bonds. The molecule has 0 aliphatic carbocycles. The van der Waals surface area contributed by atoms with Crippen molar-refractivity contribution in [2.24, 2.45) is 0 Å². The van der Waals surface area contributed by atoms with Crippen LogP contribution in [0, 0.1) is 0 Å². The lowest BCUT2D eigenvalue weighted by atomic mass is 10.1. The van der Waals surface area contributed by atoms with Crippen LogP contribution < -0.4 is 19.5 Å². The van der Waals surface area contributed by atoms with Gasteiger partial charge in [-0.2, -0.15) is 4.98 Å². The van der Waals surface area contributed by atoms with E-state index in [-0.39, 0.29) is 5.75 Å². The molecule has 0 fully saturated rings. The number of methoxy groups -OCH3 is 1. The third-order valence-corrected chi connectivity index (χ3v) is 6.21. The van der Waals surface area contributed by atoms with Crippen LogP contribution in [0.2, 0.25) is 0 Å². The lowest BCUT2D eigenvalue weighted by Crippen LogP contribution is -2.20. The molecule has 3 aromatic rings. The van der Waals surface area contributed by atoms with Crippen LogP contribution in [0.25, 0.3) is 11.3 Å². The number of nitrogens with zero attached hydrogens (tertiary/aromatic N) is 3. The largest absolute Gasteiger partial charge is 0.493 e. The first kappa shape index (κ1) is 23.1. The molecule has 0 radical (unpaired) electrons. The molecule has 172 valence electrons. The molecule has 1 aromatic heterocycles. The average molecular weight is 533 g/mol.